The predicted octanol–water partition coefficient (Wildman–Crippen LogP) is 2.41. The van der Waals surface area contributed by atoms with E-state index in [4.69, 9.17) is 5.26 Å². The van der Waals surface area contributed by atoms with Crippen molar-refractivity contribution in [1.82, 2.24) is 15.0 Å². The molecule has 0 bridgehead atoms. The molecule has 0 aliphatic carbocycles. The number of benzene rings is 1. The third kappa shape index (κ3) is 3.31. The molecule has 0 amide bonds. The molecule has 1 N–H and O–H groups in total. The van der Waals surface area contributed by atoms with Crippen molar-refractivity contribution in [1.29, 1.82) is 5.26 Å². The molecule has 0 spiro atoms. The first kappa shape index (κ1) is 12.6. The Morgan fingerprint density at radius 2 is 2.33 bits per heavy atom. The zero-order chi connectivity index (χ0) is 12.8. The van der Waals surface area contributed by atoms with Crippen LogP contribution >= 0.6 is 15.9 Å². The van der Waals surface area contributed by atoms with Gasteiger partial charge < -0.3 is 5.32 Å². The van der Waals surface area contributed by atoms with Gasteiger partial charge in [0.05, 0.1) is 17.4 Å². The number of nitrogens with zero attached hydrogens (tertiary/aromatic N) is 4. The van der Waals surface area contributed by atoms with E-state index in [1.807, 2.05) is 18.3 Å². The quantitative estimate of drug-likeness (QED) is 0.862. The molecule has 0 unspecified atom stereocenters. The number of rotatable bonds is 5. The summed E-state index contributed by atoms with van der Waals surface area (Å²) in [5.74, 6) is 0. The summed E-state index contributed by atoms with van der Waals surface area (Å²) in [5.41, 5.74) is 1.50. The number of nitriles is 1. The molecule has 18 heavy (non-hydrogen) atoms. The average molecular weight is 306 g/mol. The first-order valence-electron chi connectivity index (χ1n) is 5.57. The Morgan fingerprint density at radius 3 is 3.06 bits per heavy atom. The summed E-state index contributed by atoms with van der Waals surface area (Å²) < 4.78 is 2.70. The van der Waals surface area contributed by atoms with Gasteiger partial charge in [-0.1, -0.05) is 21.1 Å². The van der Waals surface area contributed by atoms with E-state index in [0.29, 0.717) is 5.56 Å². The van der Waals surface area contributed by atoms with Crippen molar-refractivity contribution < 1.29 is 0 Å². The van der Waals surface area contributed by atoms with Crippen LogP contribution in [0.15, 0.2) is 35.1 Å². The molecule has 0 atom stereocenters. The predicted molar refractivity (Wildman–Crippen MR) is 72.0 cm³/mol. The number of nitrogens with one attached hydrogen (secondary N) is 1. The summed E-state index contributed by atoms with van der Waals surface area (Å²) in [6.07, 6.45) is 4.42. The first-order valence-corrected chi connectivity index (χ1v) is 6.36. The lowest BCUT2D eigenvalue weighted by molar-refractivity contribution is 0.570. The lowest BCUT2D eigenvalue weighted by Gasteiger charge is -2.08. The molecule has 2 rings (SSSR count). The molecule has 0 fully saturated rings. The van der Waals surface area contributed by atoms with Gasteiger partial charge >= 0.3 is 0 Å². The van der Waals surface area contributed by atoms with Gasteiger partial charge in [0.25, 0.3) is 0 Å². The van der Waals surface area contributed by atoms with E-state index in [0.717, 1.165) is 29.7 Å². The maximum atomic E-state index is 9.02. The van der Waals surface area contributed by atoms with Gasteiger partial charge in [0.1, 0.15) is 6.07 Å². The fraction of sp³-hybridized carbons (Fsp3) is 0.250. The van der Waals surface area contributed by atoms with E-state index in [-0.39, 0.29) is 0 Å². The van der Waals surface area contributed by atoms with Gasteiger partial charge in [0.15, 0.2) is 0 Å². The topological polar surface area (TPSA) is 66.5 Å². The van der Waals surface area contributed by atoms with Gasteiger partial charge in [0.2, 0.25) is 0 Å². The largest absolute Gasteiger partial charge is 0.384 e. The second-order valence-electron chi connectivity index (χ2n) is 3.75. The molecule has 1 aromatic carbocycles. The van der Waals surface area contributed by atoms with Gasteiger partial charge in [-0.05, 0) is 24.6 Å². The van der Waals surface area contributed by atoms with Crippen LogP contribution in [0.25, 0.3) is 0 Å². The molecule has 0 saturated heterocycles. The summed E-state index contributed by atoms with van der Waals surface area (Å²) >= 11 is 3.35. The second kappa shape index (κ2) is 6.17. The summed E-state index contributed by atoms with van der Waals surface area (Å²) in [5, 5.41) is 19.9. The minimum absolute atomic E-state index is 0.644. The van der Waals surface area contributed by atoms with Crippen LogP contribution in [0, 0.1) is 11.3 Å². The van der Waals surface area contributed by atoms with Crippen molar-refractivity contribution in [3.63, 3.8) is 0 Å². The third-order valence-corrected chi connectivity index (χ3v) is 2.95. The highest BCUT2D eigenvalue weighted by Gasteiger charge is 2.01. The molecule has 1 heterocycles. The number of aromatic nitrogens is 3. The second-order valence-corrected chi connectivity index (χ2v) is 4.66. The Balaban J connectivity index is 1.85. The molecule has 92 valence electrons. The molecular formula is C12H12BrN5. The van der Waals surface area contributed by atoms with Crippen LogP contribution in [-0.2, 0) is 6.54 Å². The highest BCUT2D eigenvalue weighted by atomic mass is 79.9. The van der Waals surface area contributed by atoms with Crippen LogP contribution in [-0.4, -0.2) is 21.5 Å². The smallest absolute Gasteiger partial charge is 0.101 e. The number of hydrogen-bond acceptors (Lipinski definition) is 4. The normalized spacial score (nSPS) is 10.0. The lowest BCUT2D eigenvalue weighted by Crippen LogP contribution is -2.08. The van der Waals surface area contributed by atoms with E-state index in [1.54, 1.807) is 16.9 Å². The summed E-state index contributed by atoms with van der Waals surface area (Å²) in [4.78, 5) is 0. The molecular weight excluding hydrogens is 294 g/mol. The van der Waals surface area contributed by atoms with Crippen LogP contribution in [0.5, 0.6) is 0 Å². The Labute approximate surface area is 114 Å². The standard InChI is InChI=1S/C12H12BrN5/c13-11-2-3-12(10(8-11)9-14)15-4-1-6-18-7-5-16-17-18/h2-3,5,7-8,15H,1,4,6H2. The summed E-state index contributed by atoms with van der Waals surface area (Å²) in [6.45, 7) is 1.60. The fourth-order valence-electron chi connectivity index (χ4n) is 1.58. The third-order valence-electron chi connectivity index (χ3n) is 2.45. The molecule has 1 aromatic heterocycles. The van der Waals surface area contributed by atoms with E-state index < -0.39 is 0 Å². The SMILES string of the molecule is N#Cc1cc(Br)ccc1NCCCn1ccnn1. The molecule has 2 aromatic rings. The number of halogens is 1. The Bertz CT molecular complexity index is 544. The van der Waals surface area contributed by atoms with Gasteiger partial charge in [-0.15, -0.1) is 5.10 Å². The van der Waals surface area contributed by atoms with Crippen LogP contribution < -0.4 is 5.32 Å². The van der Waals surface area contributed by atoms with E-state index in [9.17, 15) is 0 Å². The maximum absolute atomic E-state index is 9.02. The van der Waals surface area contributed by atoms with Gasteiger partial charge in [-0.3, -0.25) is 4.68 Å². The number of hydrogen-bond donors (Lipinski definition) is 1. The minimum atomic E-state index is 0.644. The van der Waals surface area contributed by atoms with Crippen molar-refractivity contribution in [3.8, 4) is 6.07 Å². The monoisotopic (exact) mass is 305 g/mol. The van der Waals surface area contributed by atoms with Crippen molar-refractivity contribution in [3.05, 3.63) is 40.6 Å². The zero-order valence-corrected chi connectivity index (χ0v) is 11.3. The van der Waals surface area contributed by atoms with E-state index in [2.05, 4.69) is 37.6 Å². The van der Waals surface area contributed by atoms with Crippen molar-refractivity contribution >= 4 is 21.6 Å². The number of aryl methyl sites for hydroxylation is 1. The zero-order valence-electron chi connectivity index (χ0n) is 9.67. The fourth-order valence-corrected chi connectivity index (χ4v) is 1.94. The van der Waals surface area contributed by atoms with Crippen LogP contribution in [0.1, 0.15) is 12.0 Å². The van der Waals surface area contributed by atoms with Gasteiger partial charge in [-0.25, -0.2) is 0 Å². The van der Waals surface area contributed by atoms with Crippen molar-refractivity contribution in [2.24, 2.45) is 0 Å². The molecule has 0 aliphatic rings. The summed E-state index contributed by atoms with van der Waals surface area (Å²) in [7, 11) is 0. The van der Waals surface area contributed by atoms with Gasteiger partial charge in [0, 0.05) is 23.8 Å². The minimum Gasteiger partial charge on any atom is -0.384 e. The molecule has 0 radical (unpaired) electrons. The van der Waals surface area contributed by atoms with E-state index >= 15 is 0 Å². The average Bonchev–Trinajstić information content (AvgIpc) is 2.89. The van der Waals surface area contributed by atoms with Crippen LogP contribution in [0.3, 0.4) is 0 Å². The van der Waals surface area contributed by atoms with Crippen LogP contribution in [0.4, 0.5) is 5.69 Å². The van der Waals surface area contributed by atoms with E-state index in [1.165, 1.54) is 0 Å². The highest BCUT2D eigenvalue weighted by Crippen LogP contribution is 2.20. The Kier molecular flexibility index (Phi) is 4.31. The van der Waals surface area contributed by atoms with Crippen molar-refractivity contribution in [2.75, 3.05) is 11.9 Å². The van der Waals surface area contributed by atoms with Crippen molar-refractivity contribution in [2.45, 2.75) is 13.0 Å². The maximum Gasteiger partial charge on any atom is 0.101 e. The Hall–Kier alpha value is -1.87. The lowest BCUT2D eigenvalue weighted by atomic mass is 10.2. The molecule has 0 saturated carbocycles. The van der Waals surface area contributed by atoms with Gasteiger partial charge in [-0.2, -0.15) is 5.26 Å². The highest BCUT2D eigenvalue weighted by molar-refractivity contribution is 9.10. The Morgan fingerprint density at radius 1 is 1.44 bits per heavy atom. The summed E-state index contributed by atoms with van der Waals surface area (Å²) in [6, 6.07) is 7.79. The van der Waals surface area contributed by atoms with Crippen LogP contribution in [0.2, 0.25) is 0 Å². The molecule has 0 aliphatic heterocycles. The number of anilines is 1. The molecule has 5 nitrogen and oxygen atoms in total. The molecule has 6 heteroatoms. The first-order chi connectivity index (χ1) is 8.79.